The van der Waals surface area contributed by atoms with Crippen molar-refractivity contribution in [1.82, 2.24) is 0 Å². The highest BCUT2D eigenvalue weighted by Gasteiger charge is 2.47. The van der Waals surface area contributed by atoms with E-state index in [1.165, 1.54) is 131 Å². The van der Waals surface area contributed by atoms with Gasteiger partial charge < -0.3 is 14.2 Å². The minimum absolute atomic E-state index is 0.0366. The number of furan rings is 1. The summed E-state index contributed by atoms with van der Waals surface area (Å²) in [5.41, 5.74) is 28.8. The zero-order chi connectivity index (χ0) is 48.4. The van der Waals surface area contributed by atoms with Crippen LogP contribution in [0.5, 0.6) is 0 Å². The minimum Gasteiger partial charge on any atom is -0.456 e. The van der Waals surface area contributed by atoms with E-state index in [2.05, 4.69) is 216 Å². The van der Waals surface area contributed by atoms with Crippen molar-refractivity contribution in [2.45, 2.75) is 150 Å². The van der Waals surface area contributed by atoms with Crippen LogP contribution in [0.4, 0.5) is 34.1 Å². The average molecular weight is 905 g/mol. The molecule has 7 aromatic carbocycles. The lowest BCUT2D eigenvalue weighted by atomic mass is 9.33. The molecule has 12 rings (SSSR count). The van der Waals surface area contributed by atoms with Gasteiger partial charge in [0.1, 0.15) is 11.2 Å². The lowest BCUT2D eigenvalue weighted by Gasteiger charge is -2.47. The molecule has 2 aliphatic carbocycles. The first-order chi connectivity index (χ1) is 32.6. The van der Waals surface area contributed by atoms with Gasteiger partial charge in [-0.1, -0.05) is 130 Å². The zero-order valence-corrected chi connectivity index (χ0v) is 43.7. The summed E-state index contributed by atoms with van der Waals surface area (Å²) in [5.74, 6) is 0.366. The Bertz CT molecular complexity index is 3480. The van der Waals surface area contributed by atoms with Crippen LogP contribution in [0.2, 0.25) is 0 Å². The molecule has 3 nitrogen and oxygen atoms in total. The largest absolute Gasteiger partial charge is 0.456 e. The summed E-state index contributed by atoms with van der Waals surface area (Å²) in [6.07, 6.45) is 4.69. The maximum Gasteiger partial charge on any atom is 0.252 e. The van der Waals surface area contributed by atoms with Crippen molar-refractivity contribution in [3.8, 4) is 11.1 Å². The van der Waals surface area contributed by atoms with Crippen molar-refractivity contribution in [2.24, 2.45) is 0 Å². The normalized spacial score (nSPS) is 18.0. The van der Waals surface area contributed by atoms with Crippen LogP contribution in [0, 0.1) is 27.7 Å². The van der Waals surface area contributed by atoms with E-state index in [9.17, 15) is 0 Å². The quantitative estimate of drug-likeness (QED) is 0.164. The Labute approximate surface area is 412 Å². The Morgan fingerprint density at radius 3 is 1.49 bits per heavy atom. The summed E-state index contributed by atoms with van der Waals surface area (Å²) >= 11 is 0. The molecule has 2 aliphatic heterocycles. The van der Waals surface area contributed by atoms with Gasteiger partial charge in [-0.2, -0.15) is 0 Å². The van der Waals surface area contributed by atoms with Crippen LogP contribution in [0.3, 0.4) is 0 Å². The Morgan fingerprint density at radius 2 is 0.957 bits per heavy atom. The molecule has 0 atom stereocenters. The number of para-hydroxylation sites is 1. The monoisotopic (exact) mass is 905 g/mol. The third kappa shape index (κ3) is 6.45. The summed E-state index contributed by atoms with van der Waals surface area (Å²) in [6.45, 7) is 33.6. The Morgan fingerprint density at radius 1 is 0.449 bits per heavy atom. The van der Waals surface area contributed by atoms with Crippen LogP contribution in [0.25, 0.3) is 33.1 Å². The van der Waals surface area contributed by atoms with Crippen LogP contribution in [-0.4, -0.2) is 6.71 Å². The standard InChI is InChI=1S/C65H69BN2O/c1-37(2)42-22-23-50-54(30-42)67(52-34-48-46(28-40(52)5)62(7,8)24-26-64(48,11)12)56-31-43(60-38(3)18-17-19-39(60)4)32-57-61(56)66(50)51-36-59-45(44-20-15-16-21-58(44)69-59)33-55(51)68(57)53-35-49-47(29-41(53)6)63(9,10)25-27-65(49,13)14/h15-23,28-37H,24-27H2,1-14H3. The number of hydrogen-bond acceptors (Lipinski definition) is 3. The fourth-order valence-electron chi connectivity index (χ4n) is 13.4. The molecule has 0 amide bonds. The average Bonchev–Trinajstić information content (AvgIpc) is 3.66. The molecule has 0 bridgehead atoms. The molecular formula is C65H69BN2O. The van der Waals surface area contributed by atoms with E-state index in [1.54, 1.807) is 0 Å². The Hall–Kier alpha value is -6.00. The number of nitrogens with zero attached hydrogens (tertiary/aromatic N) is 2. The highest BCUT2D eigenvalue weighted by atomic mass is 16.3. The molecule has 348 valence electrons. The van der Waals surface area contributed by atoms with Crippen LogP contribution in [0.1, 0.15) is 151 Å². The molecule has 0 radical (unpaired) electrons. The SMILES string of the molecule is Cc1cc2c(cc1N1c3cc(C(C)C)ccc3B3c4cc5oc6ccccc6c5cc4N(c4cc5c(cc4C)C(C)(C)CCC5(C)C)c4cc(-c5c(C)cccc5C)cc1c43)C(C)(C)CCC2(C)C. The van der Waals surface area contributed by atoms with Gasteiger partial charge in [-0.15, -0.1) is 0 Å². The second-order valence-corrected chi connectivity index (χ2v) is 24.7. The van der Waals surface area contributed by atoms with Crippen molar-refractivity contribution in [3.05, 3.63) is 159 Å². The molecule has 0 spiro atoms. The second-order valence-electron chi connectivity index (χ2n) is 24.7. The molecule has 0 fully saturated rings. The summed E-state index contributed by atoms with van der Waals surface area (Å²) in [4.78, 5) is 5.39. The summed E-state index contributed by atoms with van der Waals surface area (Å²) in [5, 5.41) is 2.31. The zero-order valence-electron chi connectivity index (χ0n) is 43.7. The number of aryl methyl sites for hydroxylation is 4. The molecule has 4 aliphatic rings. The van der Waals surface area contributed by atoms with Crippen molar-refractivity contribution in [1.29, 1.82) is 0 Å². The molecule has 3 heterocycles. The van der Waals surface area contributed by atoms with E-state index in [-0.39, 0.29) is 28.4 Å². The predicted octanol–water partition coefficient (Wildman–Crippen LogP) is 16.4. The second kappa shape index (κ2) is 14.8. The van der Waals surface area contributed by atoms with Gasteiger partial charge in [-0.3, -0.25) is 0 Å². The van der Waals surface area contributed by atoms with Gasteiger partial charge in [0.15, 0.2) is 0 Å². The number of benzene rings is 7. The van der Waals surface area contributed by atoms with Crippen LogP contribution in [-0.2, 0) is 21.7 Å². The molecule has 0 unspecified atom stereocenters. The lowest BCUT2D eigenvalue weighted by molar-refractivity contribution is 0.332. The van der Waals surface area contributed by atoms with Crippen molar-refractivity contribution < 1.29 is 4.42 Å². The highest BCUT2D eigenvalue weighted by Crippen LogP contribution is 2.54. The van der Waals surface area contributed by atoms with E-state index in [0.717, 1.165) is 28.4 Å². The molecule has 1 aromatic heterocycles. The van der Waals surface area contributed by atoms with Gasteiger partial charge in [-0.25, -0.2) is 0 Å². The van der Waals surface area contributed by atoms with Gasteiger partial charge in [-0.05, 0) is 207 Å². The van der Waals surface area contributed by atoms with Crippen LogP contribution >= 0.6 is 0 Å². The van der Waals surface area contributed by atoms with Crippen molar-refractivity contribution in [2.75, 3.05) is 9.80 Å². The fourth-order valence-corrected chi connectivity index (χ4v) is 13.4. The topological polar surface area (TPSA) is 19.6 Å². The van der Waals surface area contributed by atoms with E-state index in [1.807, 2.05) is 0 Å². The van der Waals surface area contributed by atoms with Crippen LogP contribution in [0.15, 0.2) is 114 Å². The van der Waals surface area contributed by atoms with E-state index >= 15 is 0 Å². The van der Waals surface area contributed by atoms with Gasteiger partial charge in [0.25, 0.3) is 6.71 Å². The van der Waals surface area contributed by atoms with E-state index in [0.29, 0.717) is 5.92 Å². The number of hydrogen-bond donors (Lipinski definition) is 0. The fraction of sp³-hybridized carbons (Fsp3) is 0.354. The molecular weight excluding hydrogens is 836 g/mol. The van der Waals surface area contributed by atoms with Gasteiger partial charge >= 0.3 is 0 Å². The van der Waals surface area contributed by atoms with Crippen LogP contribution < -0.4 is 26.2 Å². The molecule has 0 N–H and O–H groups in total. The highest BCUT2D eigenvalue weighted by molar-refractivity contribution is 7.00. The third-order valence-electron chi connectivity index (χ3n) is 17.8. The molecule has 69 heavy (non-hydrogen) atoms. The van der Waals surface area contributed by atoms with E-state index in [4.69, 9.17) is 4.42 Å². The summed E-state index contributed by atoms with van der Waals surface area (Å²) in [6, 6.07) is 43.2. The van der Waals surface area contributed by atoms with Crippen molar-refractivity contribution in [3.63, 3.8) is 0 Å². The molecule has 4 heteroatoms. The Kier molecular flexibility index (Phi) is 9.47. The van der Waals surface area contributed by atoms with Crippen molar-refractivity contribution >= 4 is 79.2 Å². The Balaban J connectivity index is 1.25. The van der Waals surface area contributed by atoms with E-state index < -0.39 is 0 Å². The molecule has 8 aromatic rings. The first kappa shape index (κ1) is 44.2. The van der Waals surface area contributed by atoms with Gasteiger partial charge in [0.05, 0.1) is 0 Å². The molecule has 0 saturated carbocycles. The summed E-state index contributed by atoms with van der Waals surface area (Å²) in [7, 11) is 0. The maximum absolute atomic E-state index is 6.85. The smallest absolute Gasteiger partial charge is 0.252 e. The van der Waals surface area contributed by atoms with Gasteiger partial charge in [0, 0.05) is 44.9 Å². The number of fused-ring (bicyclic) bond motifs is 9. The number of anilines is 6. The molecule has 0 saturated heterocycles. The maximum atomic E-state index is 6.85. The summed E-state index contributed by atoms with van der Waals surface area (Å²) < 4.78 is 6.85. The first-order valence-corrected chi connectivity index (χ1v) is 25.9. The van der Waals surface area contributed by atoms with Gasteiger partial charge in [0.2, 0.25) is 0 Å². The number of rotatable bonds is 4. The first-order valence-electron chi connectivity index (χ1n) is 25.9. The lowest BCUT2D eigenvalue weighted by Crippen LogP contribution is -2.61. The third-order valence-corrected chi connectivity index (χ3v) is 17.8. The minimum atomic E-state index is -0.0417. The predicted molar refractivity (Wildman–Crippen MR) is 297 cm³/mol.